The molecule has 1 aromatic rings. The SMILES string of the molecule is O=C(NC(CO)(CO)CO)c1cn(C2CNC2)nn1. The summed E-state index contributed by atoms with van der Waals surface area (Å²) in [4.78, 5) is 11.9. The van der Waals surface area contributed by atoms with Crippen molar-refractivity contribution in [2.24, 2.45) is 0 Å². The van der Waals surface area contributed by atoms with Gasteiger partial charge < -0.3 is 26.0 Å². The number of carbonyl (C=O) groups excluding carboxylic acids is 1. The standard InChI is InChI=1S/C10H17N5O4/c16-4-10(5-17,6-18)12-9(19)8-3-15(14-13-8)7-1-11-2-7/h3,7,11,16-18H,1-2,4-6H2,(H,12,19). The second-order valence-corrected chi connectivity index (χ2v) is 4.60. The van der Waals surface area contributed by atoms with Gasteiger partial charge in [-0.3, -0.25) is 4.79 Å². The van der Waals surface area contributed by atoms with Gasteiger partial charge in [0.2, 0.25) is 0 Å². The van der Waals surface area contributed by atoms with E-state index in [1.165, 1.54) is 6.20 Å². The lowest BCUT2D eigenvalue weighted by Gasteiger charge is -2.28. The fraction of sp³-hybridized carbons (Fsp3) is 0.700. The van der Waals surface area contributed by atoms with E-state index in [2.05, 4.69) is 20.9 Å². The zero-order valence-corrected chi connectivity index (χ0v) is 10.3. The molecule has 2 heterocycles. The fourth-order valence-corrected chi connectivity index (χ4v) is 1.59. The van der Waals surface area contributed by atoms with Crippen LogP contribution in [0.2, 0.25) is 0 Å². The Hall–Kier alpha value is -1.55. The summed E-state index contributed by atoms with van der Waals surface area (Å²) in [5.41, 5.74) is -1.38. The highest BCUT2D eigenvalue weighted by Crippen LogP contribution is 2.10. The second-order valence-electron chi connectivity index (χ2n) is 4.60. The van der Waals surface area contributed by atoms with E-state index >= 15 is 0 Å². The maximum Gasteiger partial charge on any atom is 0.274 e. The maximum absolute atomic E-state index is 11.9. The summed E-state index contributed by atoms with van der Waals surface area (Å²) >= 11 is 0. The van der Waals surface area contributed by atoms with E-state index in [9.17, 15) is 4.79 Å². The van der Waals surface area contributed by atoms with Crippen LogP contribution in [0.15, 0.2) is 6.20 Å². The Bertz CT molecular complexity index is 433. The van der Waals surface area contributed by atoms with Crippen molar-refractivity contribution < 1.29 is 20.1 Å². The number of rotatable bonds is 6. The van der Waals surface area contributed by atoms with Gasteiger partial charge in [-0.2, -0.15) is 0 Å². The molecule has 1 aliphatic heterocycles. The van der Waals surface area contributed by atoms with Gasteiger partial charge in [0, 0.05) is 13.1 Å². The van der Waals surface area contributed by atoms with Crippen molar-refractivity contribution in [3.8, 4) is 0 Å². The van der Waals surface area contributed by atoms with E-state index < -0.39 is 31.3 Å². The first kappa shape index (κ1) is 13.9. The highest BCUT2D eigenvalue weighted by Gasteiger charge is 2.31. The van der Waals surface area contributed by atoms with Gasteiger partial charge in [-0.15, -0.1) is 5.10 Å². The van der Waals surface area contributed by atoms with E-state index in [0.29, 0.717) is 0 Å². The first-order valence-corrected chi connectivity index (χ1v) is 5.92. The molecule has 9 heteroatoms. The largest absolute Gasteiger partial charge is 0.394 e. The number of aromatic nitrogens is 3. The number of aliphatic hydroxyl groups is 3. The molecule has 1 aromatic heterocycles. The van der Waals surface area contributed by atoms with E-state index in [1.807, 2.05) is 0 Å². The summed E-state index contributed by atoms with van der Waals surface area (Å²) in [5.74, 6) is -0.601. The smallest absolute Gasteiger partial charge is 0.274 e. The molecule has 1 amide bonds. The van der Waals surface area contributed by atoms with Crippen molar-refractivity contribution in [3.63, 3.8) is 0 Å². The Morgan fingerprint density at radius 2 is 2.05 bits per heavy atom. The van der Waals surface area contributed by atoms with Crippen LogP contribution >= 0.6 is 0 Å². The summed E-state index contributed by atoms with van der Waals surface area (Å²) in [6.07, 6.45) is 1.50. The number of amides is 1. The van der Waals surface area contributed by atoms with Crippen molar-refractivity contribution in [2.75, 3.05) is 32.9 Å². The summed E-state index contributed by atoms with van der Waals surface area (Å²) in [5, 5.41) is 40.4. The molecule has 0 atom stereocenters. The number of carbonyl (C=O) groups is 1. The average molecular weight is 271 g/mol. The van der Waals surface area contributed by atoms with Gasteiger partial charge in [0.15, 0.2) is 5.69 Å². The van der Waals surface area contributed by atoms with Crippen LogP contribution in [0.3, 0.4) is 0 Å². The molecule has 1 aliphatic rings. The zero-order valence-electron chi connectivity index (χ0n) is 10.3. The predicted molar refractivity (Wildman–Crippen MR) is 63.4 cm³/mol. The van der Waals surface area contributed by atoms with Crippen LogP contribution in [0.4, 0.5) is 0 Å². The fourth-order valence-electron chi connectivity index (χ4n) is 1.59. The molecule has 5 N–H and O–H groups in total. The van der Waals surface area contributed by atoms with E-state index in [1.54, 1.807) is 4.68 Å². The summed E-state index contributed by atoms with van der Waals surface area (Å²) in [6, 6.07) is 0.187. The molecule has 1 fully saturated rings. The molecule has 9 nitrogen and oxygen atoms in total. The lowest BCUT2D eigenvalue weighted by atomic mass is 10.0. The summed E-state index contributed by atoms with van der Waals surface area (Å²) in [6.45, 7) is -0.179. The molecule has 0 bridgehead atoms. The third-order valence-corrected chi connectivity index (χ3v) is 3.16. The molecular weight excluding hydrogens is 254 g/mol. The lowest BCUT2D eigenvalue weighted by molar-refractivity contribution is 0.0373. The van der Waals surface area contributed by atoms with E-state index in [4.69, 9.17) is 15.3 Å². The number of aliphatic hydroxyl groups excluding tert-OH is 3. The number of nitrogens with one attached hydrogen (secondary N) is 2. The van der Waals surface area contributed by atoms with Crippen LogP contribution in [-0.4, -0.2) is 74.7 Å². The topological polar surface area (TPSA) is 133 Å². The van der Waals surface area contributed by atoms with Crippen molar-refractivity contribution >= 4 is 5.91 Å². The molecule has 0 spiro atoms. The summed E-state index contributed by atoms with van der Waals surface area (Å²) in [7, 11) is 0. The van der Waals surface area contributed by atoms with Gasteiger partial charge in [-0.25, -0.2) is 4.68 Å². The molecule has 106 valence electrons. The molecule has 19 heavy (non-hydrogen) atoms. The number of hydrogen-bond donors (Lipinski definition) is 5. The third-order valence-electron chi connectivity index (χ3n) is 3.16. The van der Waals surface area contributed by atoms with Gasteiger partial charge >= 0.3 is 0 Å². The molecule has 0 aromatic carbocycles. The molecule has 0 unspecified atom stereocenters. The number of nitrogens with zero attached hydrogens (tertiary/aromatic N) is 3. The average Bonchev–Trinajstić information content (AvgIpc) is 2.83. The molecule has 0 radical (unpaired) electrons. The normalized spacial score (nSPS) is 16.2. The maximum atomic E-state index is 11.9. The monoisotopic (exact) mass is 271 g/mol. The van der Waals surface area contributed by atoms with Gasteiger partial charge in [0.1, 0.15) is 5.54 Å². The highest BCUT2D eigenvalue weighted by atomic mass is 16.3. The lowest BCUT2D eigenvalue weighted by Crippen LogP contribution is -2.57. The van der Waals surface area contributed by atoms with Crippen LogP contribution in [0.1, 0.15) is 16.5 Å². The van der Waals surface area contributed by atoms with Crippen molar-refractivity contribution in [1.82, 2.24) is 25.6 Å². The third kappa shape index (κ3) is 2.73. The van der Waals surface area contributed by atoms with Crippen LogP contribution in [0, 0.1) is 0 Å². The molecule has 1 saturated heterocycles. The minimum absolute atomic E-state index is 0.0756. The molecule has 0 saturated carbocycles. The molecule has 2 rings (SSSR count). The second kappa shape index (κ2) is 5.61. The first-order chi connectivity index (χ1) is 9.14. The van der Waals surface area contributed by atoms with Gasteiger partial charge in [0.25, 0.3) is 5.91 Å². The van der Waals surface area contributed by atoms with Gasteiger partial charge in [-0.05, 0) is 0 Å². The van der Waals surface area contributed by atoms with Crippen LogP contribution in [0.5, 0.6) is 0 Å². The Morgan fingerprint density at radius 3 is 2.53 bits per heavy atom. The first-order valence-electron chi connectivity index (χ1n) is 5.92. The Balaban J connectivity index is 2.04. The van der Waals surface area contributed by atoms with Gasteiger partial charge in [-0.1, -0.05) is 5.21 Å². The predicted octanol–water partition coefficient (Wildman–Crippen LogP) is -3.13. The van der Waals surface area contributed by atoms with Gasteiger partial charge in [0.05, 0.1) is 32.1 Å². The minimum atomic E-state index is -1.46. The Kier molecular flexibility index (Phi) is 4.10. The summed E-state index contributed by atoms with van der Waals surface area (Å²) < 4.78 is 1.59. The Morgan fingerprint density at radius 1 is 1.42 bits per heavy atom. The minimum Gasteiger partial charge on any atom is -0.394 e. The van der Waals surface area contributed by atoms with Crippen LogP contribution < -0.4 is 10.6 Å². The Labute approximate surface area is 109 Å². The van der Waals surface area contributed by atoms with Crippen molar-refractivity contribution in [1.29, 1.82) is 0 Å². The molecule has 0 aliphatic carbocycles. The highest BCUT2D eigenvalue weighted by molar-refractivity contribution is 5.92. The zero-order chi connectivity index (χ0) is 13.9. The van der Waals surface area contributed by atoms with Crippen LogP contribution in [-0.2, 0) is 0 Å². The molecular formula is C10H17N5O4. The van der Waals surface area contributed by atoms with Crippen molar-refractivity contribution in [2.45, 2.75) is 11.6 Å². The van der Waals surface area contributed by atoms with Crippen molar-refractivity contribution in [3.05, 3.63) is 11.9 Å². The van der Waals surface area contributed by atoms with E-state index in [-0.39, 0.29) is 11.7 Å². The quantitative estimate of drug-likeness (QED) is 0.369. The van der Waals surface area contributed by atoms with Crippen LogP contribution in [0.25, 0.3) is 0 Å². The number of hydrogen-bond acceptors (Lipinski definition) is 7. The van der Waals surface area contributed by atoms with E-state index in [0.717, 1.165) is 13.1 Å².